The normalized spacial score (nSPS) is 15.7. The predicted molar refractivity (Wildman–Crippen MR) is 96.0 cm³/mol. The van der Waals surface area contributed by atoms with E-state index in [1.54, 1.807) is 19.2 Å². The average Bonchev–Trinajstić information content (AvgIpc) is 2.99. The molecule has 3 heterocycles. The van der Waals surface area contributed by atoms with Crippen LogP contribution in [0.15, 0.2) is 22.9 Å². The molecule has 8 heteroatoms. The Balaban J connectivity index is 1.57. The summed E-state index contributed by atoms with van der Waals surface area (Å²) in [7, 11) is 0. The topological polar surface area (TPSA) is 84.6 Å². The lowest BCUT2D eigenvalue weighted by Gasteiger charge is -2.22. The van der Waals surface area contributed by atoms with Gasteiger partial charge in [-0.1, -0.05) is 12.1 Å². The molecule has 1 aliphatic rings. The van der Waals surface area contributed by atoms with Crippen molar-refractivity contribution < 1.29 is 14.1 Å². The smallest absolute Gasteiger partial charge is 0.339 e. The average molecular weight is 359 g/mol. The lowest BCUT2D eigenvalue weighted by Crippen LogP contribution is -2.31. The first-order chi connectivity index (χ1) is 12.7. The number of aromatic nitrogens is 3. The van der Waals surface area contributed by atoms with E-state index >= 15 is 0 Å². The molecule has 26 heavy (non-hydrogen) atoms. The van der Waals surface area contributed by atoms with E-state index in [2.05, 4.69) is 24.9 Å². The van der Waals surface area contributed by atoms with Gasteiger partial charge in [-0.15, -0.1) is 0 Å². The van der Waals surface area contributed by atoms with Crippen molar-refractivity contribution in [3.8, 4) is 0 Å². The van der Waals surface area contributed by atoms with Crippen LogP contribution in [0.1, 0.15) is 42.3 Å². The summed E-state index contributed by atoms with van der Waals surface area (Å²) in [4.78, 5) is 25.1. The summed E-state index contributed by atoms with van der Waals surface area (Å²) in [5, 5.41) is 3.95. The van der Waals surface area contributed by atoms with E-state index in [4.69, 9.17) is 9.26 Å². The van der Waals surface area contributed by atoms with Crippen LogP contribution in [0.3, 0.4) is 0 Å². The number of carbonyl (C=O) groups excluding carboxylic acids is 1. The monoisotopic (exact) mass is 359 g/mol. The number of rotatable bonds is 6. The summed E-state index contributed by atoms with van der Waals surface area (Å²) >= 11 is 0. The molecule has 3 rings (SSSR count). The highest BCUT2D eigenvalue weighted by Crippen LogP contribution is 2.16. The minimum atomic E-state index is -0.334. The van der Waals surface area contributed by atoms with Gasteiger partial charge >= 0.3 is 5.97 Å². The van der Waals surface area contributed by atoms with Gasteiger partial charge in [0.05, 0.1) is 18.7 Å². The van der Waals surface area contributed by atoms with Gasteiger partial charge in [0.2, 0.25) is 5.89 Å². The molecule has 0 spiro atoms. The van der Waals surface area contributed by atoms with Crippen LogP contribution in [0.5, 0.6) is 0 Å². The number of aryl methyl sites for hydroxylation is 1. The maximum Gasteiger partial charge on any atom is 0.339 e. The van der Waals surface area contributed by atoms with Gasteiger partial charge in [-0.2, -0.15) is 4.98 Å². The van der Waals surface area contributed by atoms with Crippen LogP contribution in [-0.4, -0.2) is 58.8 Å². The molecule has 0 saturated carbocycles. The first-order valence-electron chi connectivity index (χ1n) is 9.11. The highest BCUT2D eigenvalue weighted by molar-refractivity contribution is 5.89. The van der Waals surface area contributed by atoms with Crippen molar-refractivity contribution in [3.05, 3.63) is 35.6 Å². The molecule has 0 aliphatic carbocycles. The SMILES string of the molecule is CCOC(=O)c1ccc(N2CCCN(Cc3nc(CC)no3)CC2)nc1. The molecular weight excluding hydrogens is 334 g/mol. The second kappa shape index (κ2) is 8.75. The Morgan fingerprint density at radius 3 is 2.81 bits per heavy atom. The third kappa shape index (κ3) is 4.57. The summed E-state index contributed by atoms with van der Waals surface area (Å²) < 4.78 is 10.3. The number of hydrogen-bond donors (Lipinski definition) is 0. The molecule has 0 bridgehead atoms. The number of nitrogens with zero attached hydrogens (tertiary/aromatic N) is 5. The van der Waals surface area contributed by atoms with Crippen molar-refractivity contribution in [3.63, 3.8) is 0 Å². The molecule has 2 aromatic rings. The van der Waals surface area contributed by atoms with Gasteiger partial charge in [-0.05, 0) is 25.5 Å². The van der Waals surface area contributed by atoms with Crippen LogP contribution in [0.4, 0.5) is 5.82 Å². The summed E-state index contributed by atoms with van der Waals surface area (Å²) in [5.41, 5.74) is 0.482. The molecule has 1 fully saturated rings. The maximum absolute atomic E-state index is 11.7. The maximum atomic E-state index is 11.7. The summed E-state index contributed by atoms with van der Waals surface area (Å²) in [5.74, 6) is 1.97. The first-order valence-corrected chi connectivity index (χ1v) is 9.11. The molecule has 0 unspecified atom stereocenters. The van der Waals surface area contributed by atoms with Crippen LogP contribution in [0.2, 0.25) is 0 Å². The van der Waals surface area contributed by atoms with Gasteiger partial charge in [0.15, 0.2) is 5.82 Å². The van der Waals surface area contributed by atoms with Crippen molar-refractivity contribution in [1.29, 1.82) is 0 Å². The lowest BCUT2D eigenvalue weighted by atomic mass is 10.2. The lowest BCUT2D eigenvalue weighted by molar-refractivity contribution is 0.0526. The van der Waals surface area contributed by atoms with Crippen LogP contribution < -0.4 is 4.90 Å². The Bertz CT molecular complexity index is 716. The van der Waals surface area contributed by atoms with Gasteiger partial charge in [0, 0.05) is 38.8 Å². The Morgan fingerprint density at radius 1 is 1.23 bits per heavy atom. The third-order valence-electron chi connectivity index (χ3n) is 4.36. The van der Waals surface area contributed by atoms with Crippen LogP contribution in [0, 0.1) is 0 Å². The second-order valence-corrected chi connectivity index (χ2v) is 6.20. The predicted octanol–water partition coefficient (Wildman–Crippen LogP) is 1.92. The van der Waals surface area contributed by atoms with Crippen molar-refractivity contribution in [1.82, 2.24) is 20.0 Å². The number of ether oxygens (including phenoxy) is 1. The highest BCUT2D eigenvalue weighted by Gasteiger charge is 2.18. The minimum Gasteiger partial charge on any atom is -0.462 e. The molecule has 140 valence electrons. The van der Waals surface area contributed by atoms with Gasteiger partial charge < -0.3 is 14.2 Å². The molecule has 1 saturated heterocycles. The van der Waals surface area contributed by atoms with Gasteiger partial charge in [0.25, 0.3) is 0 Å². The Morgan fingerprint density at radius 2 is 2.12 bits per heavy atom. The van der Waals surface area contributed by atoms with Crippen molar-refractivity contribution in [2.45, 2.75) is 33.2 Å². The fraction of sp³-hybridized carbons (Fsp3) is 0.556. The van der Waals surface area contributed by atoms with E-state index in [0.29, 0.717) is 24.6 Å². The quantitative estimate of drug-likeness (QED) is 0.723. The van der Waals surface area contributed by atoms with E-state index < -0.39 is 0 Å². The van der Waals surface area contributed by atoms with Crippen molar-refractivity contribution in [2.24, 2.45) is 0 Å². The molecule has 0 atom stereocenters. The molecule has 0 radical (unpaired) electrons. The Kier molecular flexibility index (Phi) is 6.17. The van der Waals surface area contributed by atoms with E-state index in [1.807, 2.05) is 13.0 Å². The molecule has 0 aromatic carbocycles. The standard InChI is InChI=1S/C18H25N5O3/c1-3-15-20-17(26-21-15)13-22-8-5-9-23(11-10-22)16-7-6-14(12-19-16)18(24)25-4-2/h6-7,12H,3-5,8-11,13H2,1-2H3. The van der Waals surface area contributed by atoms with Crippen LogP contribution in [-0.2, 0) is 17.7 Å². The van der Waals surface area contributed by atoms with Crippen molar-refractivity contribution in [2.75, 3.05) is 37.7 Å². The third-order valence-corrected chi connectivity index (χ3v) is 4.36. The molecule has 2 aromatic heterocycles. The fourth-order valence-corrected chi connectivity index (χ4v) is 2.96. The summed E-state index contributed by atoms with van der Waals surface area (Å²) in [6, 6.07) is 3.65. The largest absolute Gasteiger partial charge is 0.462 e. The Hall–Kier alpha value is -2.48. The van der Waals surface area contributed by atoms with E-state index in [1.165, 1.54) is 0 Å². The molecule has 8 nitrogen and oxygen atoms in total. The number of anilines is 1. The van der Waals surface area contributed by atoms with E-state index in [-0.39, 0.29) is 5.97 Å². The zero-order valence-corrected chi connectivity index (χ0v) is 15.3. The molecule has 1 aliphatic heterocycles. The summed E-state index contributed by atoms with van der Waals surface area (Å²) in [6.07, 6.45) is 3.39. The van der Waals surface area contributed by atoms with Crippen LogP contribution >= 0.6 is 0 Å². The summed E-state index contributed by atoms with van der Waals surface area (Å²) in [6.45, 7) is 8.50. The zero-order chi connectivity index (χ0) is 18.4. The van der Waals surface area contributed by atoms with E-state index in [9.17, 15) is 4.79 Å². The molecule has 0 N–H and O–H groups in total. The molecule has 0 amide bonds. The highest BCUT2D eigenvalue weighted by atomic mass is 16.5. The Labute approximate surface area is 153 Å². The van der Waals surface area contributed by atoms with E-state index in [0.717, 1.165) is 50.7 Å². The fourth-order valence-electron chi connectivity index (χ4n) is 2.96. The van der Waals surface area contributed by atoms with Gasteiger partial charge in [-0.25, -0.2) is 9.78 Å². The van der Waals surface area contributed by atoms with Crippen LogP contribution in [0.25, 0.3) is 0 Å². The number of pyridine rings is 1. The van der Waals surface area contributed by atoms with Gasteiger partial charge in [-0.3, -0.25) is 4.90 Å². The number of esters is 1. The van der Waals surface area contributed by atoms with Gasteiger partial charge in [0.1, 0.15) is 5.82 Å². The number of carbonyl (C=O) groups is 1. The zero-order valence-electron chi connectivity index (χ0n) is 15.3. The second-order valence-electron chi connectivity index (χ2n) is 6.20. The first kappa shape index (κ1) is 18.3. The minimum absolute atomic E-state index is 0.334. The number of hydrogen-bond acceptors (Lipinski definition) is 8. The van der Waals surface area contributed by atoms with Crippen molar-refractivity contribution >= 4 is 11.8 Å². The molecular formula is C18H25N5O3.